The van der Waals surface area contributed by atoms with E-state index in [-0.39, 0.29) is 18.3 Å². The predicted molar refractivity (Wildman–Crippen MR) is 75.7 cm³/mol. The standard InChI is InChI=1S/C13H21N3O.ClH/c1-3-9-16(13(17)11(2)14)10-7-12-6-4-5-8-15-12;/h4-6,8,11H,3,7,9-10,14H2,1-2H3;1H. The highest BCUT2D eigenvalue weighted by molar-refractivity contribution is 5.85. The Kier molecular flexibility index (Phi) is 8.33. The van der Waals surface area contributed by atoms with E-state index in [9.17, 15) is 4.79 Å². The summed E-state index contributed by atoms with van der Waals surface area (Å²) in [6.07, 6.45) is 3.49. The molecule has 0 radical (unpaired) electrons. The highest BCUT2D eigenvalue weighted by atomic mass is 35.5. The minimum atomic E-state index is -0.426. The second kappa shape index (κ2) is 8.89. The summed E-state index contributed by atoms with van der Waals surface area (Å²) in [5.74, 6) is 0.0165. The van der Waals surface area contributed by atoms with E-state index in [1.54, 1.807) is 13.1 Å². The fourth-order valence-electron chi connectivity index (χ4n) is 1.69. The molecule has 1 amide bonds. The van der Waals surface area contributed by atoms with Crippen molar-refractivity contribution in [2.24, 2.45) is 5.73 Å². The Morgan fingerprint density at radius 3 is 2.67 bits per heavy atom. The van der Waals surface area contributed by atoms with E-state index in [0.29, 0.717) is 6.54 Å². The molecule has 0 aliphatic heterocycles. The average molecular weight is 272 g/mol. The van der Waals surface area contributed by atoms with Crippen molar-refractivity contribution in [3.8, 4) is 0 Å². The minimum absolute atomic E-state index is 0. The van der Waals surface area contributed by atoms with Crippen molar-refractivity contribution < 1.29 is 4.79 Å². The summed E-state index contributed by atoms with van der Waals surface area (Å²) in [4.78, 5) is 17.9. The van der Waals surface area contributed by atoms with Gasteiger partial charge in [0.05, 0.1) is 6.04 Å². The number of amides is 1. The summed E-state index contributed by atoms with van der Waals surface area (Å²) in [5.41, 5.74) is 6.63. The van der Waals surface area contributed by atoms with Crippen LogP contribution in [0.2, 0.25) is 0 Å². The summed E-state index contributed by atoms with van der Waals surface area (Å²) < 4.78 is 0. The van der Waals surface area contributed by atoms with Gasteiger partial charge in [0.1, 0.15) is 0 Å². The van der Waals surface area contributed by atoms with E-state index < -0.39 is 6.04 Å². The molecular formula is C13H22ClN3O. The molecule has 1 rings (SSSR count). The molecule has 0 spiro atoms. The van der Waals surface area contributed by atoms with E-state index in [2.05, 4.69) is 11.9 Å². The second-order valence-electron chi connectivity index (χ2n) is 4.19. The zero-order valence-corrected chi connectivity index (χ0v) is 11.8. The number of nitrogens with two attached hydrogens (primary N) is 1. The zero-order valence-electron chi connectivity index (χ0n) is 11.0. The van der Waals surface area contributed by atoms with Crippen LogP contribution in [0.4, 0.5) is 0 Å². The van der Waals surface area contributed by atoms with Gasteiger partial charge >= 0.3 is 0 Å². The van der Waals surface area contributed by atoms with Crippen LogP contribution in [-0.4, -0.2) is 34.9 Å². The third-order valence-corrected chi connectivity index (χ3v) is 2.56. The number of hydrogen-bond donors (Lipinski definition) is 1. The summed E-state index contributed by atoms with van der Waals surface area (Å²) in [6.45, 7) is 5.23. The summed E-state index contributed by atoms with van der Waals surface area (Å²) in [6, 6.07) is 5.39. The third-order valence-electron chi connectivity index (χ3n) is 2.56. The molecule has 102 valence electrons. The maximum absolute atomic E-state index is 11.8. The van der Waals surface area contributed by atoms with Crippen LogP contribution in [0.25, 0.3) is 0 Å². The third kappa shape index (κ3) is 5.47. The molecule has 0 aliphatic rings. The molecule has 1 atom stereocenters. The van der Waals surface area contributed by atoms with E-state index in [4.69, 9.17) is 5.73 Å². The quantitative estimate of drug-likeness (QED) is 0.856. The van der Waals surface area contributed by atoms with E-state index in [1.807, 2.05) is 23.1 Å². The number of pyridine rings is 1. The molecule has 0 saturated heterocycles. The lowest BCUT2D eigenvalue weighted by Crippen LogP contribution is -2.43. The van der Waals surface area contributed by atoms with Crippen LogP contribution in [-0.2, 0) is 11.2 Å². The number of hydrogen-bond acceptors (Lipinski definition) is 3. The van der Waals surface area contributed by atoms with Crippen LogP contribution in [0.3, 0.4) is 0 Å². The maximum Gasteiger partial charge on any atom is 0.239 e. The monoisotopic (exact) mass is 271 g/mol. The Labute approximate surface area is 115 Å². The minimum Gasteiger partial charge on any atom is -0.341 e. The van der Waals surface area contributed by atoms with Crippen molar-refractivity contribution in [1.29, 1.82) is 0 Å². The predicted octanol–water partition coefficient (Wildman–Crippen LogP) is 1.63. The van der Waals surface area contributed by atoms with Gasteiger partial charge in [0.25, 0.3) is 0 Å². The Balaban J connectivity index is 0.00000289. The van der Waals surface area contributed by atoms with Crippen LogP contribution in [0.5, 0.6) is 0 Å². The van der Waals surface area contributed by atoms with Crippen LogP contribution in [0.15, 0.2) is 24.4 Å². The lowest BCUT2D eigenvalue weighted by atomic mass is 10.2. The largest absolute Gasteiger partial charge is 0.341 e. The summed E-state index contributed by atoms with van der Waals surface area (Å²) in [7, 11) is 0. The number of carbonyl (C=O) groups excluding carboxylic acids is 1. The Hall–Kier alpha value is -1.13. The highest BCUT2D eigenvalue weighted by Crippen LogP contribution is 2.01. The van der Waals surface area contributed by atoms with E-state index >= 15 is 0 Å². The molecule has 2 N–H and O–H groups in total. The first-order valence-corrected chi connectivity index (χ1v) is 6.09. The van der Waals surface area contributed by atoms with Gasteiger partial charge in [0.15, 0.2) is 0 Å². The van der Waals surface area contributed by atoms with Crippen LogP contribution in [0, 0.1) is 0 Å². The number of halogens is 1. The second-order valence-corrected chi connectivity index (χ2v) is 4.19. The number of carbonyl (C=O) groups is 1. The molecule has 0 saturated carbocycles. The topological polar surface area (TPSA) is 59.2 Å². The maximum atomic E-state index is 11.8. The van der Waals surface area contributed by atoms with Gasteiger partial charge in [-0.2, -0.15) is 0 Å². The molecule has 1 heterocycles. The first-order valence-electron chi connectivity index (χ1n) is 6.09. The normalized spacial score (nSPS) is 11.5. The van der Waals surface area contributed by atoms with Gasteiger partial charge in [-0.05, 0) is 25.5 Å². The number of nitrogens with zero attached hydrogens (tertiary/aromatic N) is 2. The Bertz CT molecular complexity index is 343. The van der Waals surface area contributed by atoms with Gasteiger partial charge in [-0.15, -0.1) is 12.4 Å². The lowest BCUT2D eigenvalue weighted by Gasteiger charge is -2.23. The van der Waals surface area contributed by atoms with Gasteiger partial charge in [-0.25, -0.2) is 0 Å². The van der Waals surface area contributed by atoms with Crippen LogP contribution in [0.1, 0.15) is 26.0 Å². The molecule has 0 aromatic carbocycles. The molecule has 0 fully saturated rings. The summed E-state index contributed by atoms with van der Waals surface area (Å²) >= 11 is 0. The number of rotatable bonds is 6. The zero-order chi connectivity index (χ0) is 12.7. The lowest BCUT2D eigenvalue weighted by molar-refractivity contribution is -0.132. The van der Waals surface area contributed by atoms with Crippen molar-refractivity contribution in [3.63, 3.8) is 0 Å². The van der Waals surface area contributed by atoms with Gasteiger partial charge in [-0.1, -0.05) is 13.0 Å². The first-order chi connectivity index (χ1) is 8.15. The summed E-state index contributed by atoms with van der Waals surface area (Å²) in [5, 5.41) is 0. The van der Waals surface area contributed by atoms with Crippen molar-refractivity contribution in [2.75, 3.05) is 13.1 Å². The fourth-order valence-corrected chi connectivity index (χ4v) is 1.69. The Morgan fingerprint density at radius 1 is 1.44 bits per heavy atom. The molecule has 4 nitrogen and oxygen atoms in total. The molecule has 1 aromatic heterocycles. The molecule has 18 heavy (non-hydrogen) atoms. The van der Waals surface area contributed by atoms with Crippen LogP contribution < -0.4 is 5.73 Å². The van der Waals surface area contributed by atoms with Crippen molar-refractivity contribution in [2.45, 2.75) is 32.7 Å². The molecular weight excluding hydrogens is 250 g/mol. The highest BCUT2D eigenvalue weighted by Gasteiger charge is 2.16. The van der Waals surface area contributed by atoms with Gasteiger partial charge < -0.3 is 10.6 Å². The average Bonchev–Trinajstić information content (AvgIpc) is 2.34. The molecule has 0 bridgehead atoms. The van der Waals surface area contributed by atoms with Gasteiger partial charge in [-0.3, -0.25) is 9.78 Å². The van der Waals surface area contributed by atoms with E-state index in [0.717, 1.165) is 25.1 Å². The van der Waals surface area contributed by atoms with Gasteiger partial charge in [0.2, 0.25) is 5.91 Å². The van der Waals surface area contributed by atoms with Crippen molar-refractivity contribution in [1.82, 2.24) is 9.88 Å². The fraction of sp³-hybridized carbons (Fsp3) is 0.538. The van der Waals surface area contributed by atoms with Crippen LogP contribution >= 0.6 is 12.4 Å². The van der Waals surface area contributed by atoms with Gasteiger partial charge in [0, 0.05) is 31.4 Å². The van der Waals surface area contributed by atoms with Crippen molar-refractivity contribution >= 4 is 18.3 Å². The smallest absolute Gasteiger partial charge is 0.239 e. The first kappa shape index (κ1) is 16.9. The molecule has 1 unspecified atom stereocenters. The van der Waals surface area contributed by atoms with E-state index in [1.165, 1.54) is 0 Å². The Morgan fingerprint density at radius 2 is 2.17 bits per heavy atom. The molecule has 0 aliphatic carbocycles. The number of aromatic nitrogens is 1. The molecule has 5 heteroatoms. The van der Waals surface area contributed by atoms with Crippen molar-refractivity contribution in [3.05, 3.63) is 30.1 Å². The molecule has 1 aromatic rings. The SMILES string of the molecule is CCCN(CCc1ccccn1)C(=O)C(C)N.Cl.